The lowest BCUT2D eigenvalue weighted by Crippen LogP contribution is -2.28. The normalized spacial score (nSPS) is 13.6. The molecule has 0 saturated heterocycles. The molecule has 0 aliphatic rings. The Bertz CT molecular complexity index is 533. The van der Waals surface area contributed by atoms with Crippen LogP contribution in [0.25, 0.3) is 11.0 Å². The van der Waals surface area contributed by atoms with E-state index in [0.29, 0.717) is 12.8 Å². The smallest absolute Gasteiger partial charge is 0.220 e. The number of para-hydroxylation sites is 1. The SMILES string of the molecule is CC(N)CCC(=O)NC(C)c1cc2ccccc2o1.Cl. The van der Waals surface area contributed by atoms with E-state index < -0.39 is 0 Å². The van der Waals surface area contributed by atoms with Gasteiger partial charge in [-0.15, -0.1) is 12.4 Å². The lowest BCUT2D eigenvalue weighted by atomic mass is 10.1. The van der Waals surface area contributed by atoms with Gasteiger partial charge in [0.2, 0.25) is 5.91 Å². The van der Waals surface area contributed by atoms with E-state index >= 15 is 0 Å². The number of carbonyl (C=O) groups is 1. The second-order valence-electron chi connectivity index (χ2n) is 4.99. The second-order valence-corrected chi connectivity index (χ2v) is 4.99. The molecular weight excluding hydrogens is 276 g/mol. The summed E-state index contributed by atoms with van der Waals surface area (Å²) in [4.78, 5) is 11.7. The Balaban J connectivity index is 0.00000200. The van der Waals surface area contributed by atoms with Gasteiger partial charge in [0.15, 0.2) is 0 Å². The van der Waals surface area contributed by atoms with Crippen LogP contribution in [0.5, 0.6) is 0 Å². The molecule has 0 radical (unpaired) electrons. The maximum Gasteiger partial charge on any atom is 0.220 e. The van der Waals surface area contributed by atoms with Crippen molar-refractivity contribution in [3.05, 3.63) is 36.1 Å². The van der Waals surface area contributed by atoms with Crippen molar-refractivity contribution in [1.82, 2.24) is 5.32 Å². The number of hydrogen-bond acceptors (Lipinski definition) is 3. The first-order valence-corrected chi connectivity index (χ1v) is 6.59. The summed E-state index contributed by atoms with van der Waals surface area (Å²) < 4.78 is 5.72. The second kappa shape index (κ2) is 7.31. The number of nitrogens with one attached hydrogen (secondary N) is 1. The van der Waals surface area contributed by atoms with Gasteiger partial charge in [-0.3, -0.25) is 4.79 Å². The summed E-state index contributed by atoms with van der Waals surface area (Å²) in [6, 6.07) is 9.69. The van der Waals surface area contributed by atoms with E-state index in [4.69, 9.17) is 10.2 Å². The van der Waals surface area contributed by atoms with Crippen LogP contribution in [0.15, 0.2) is 34.7 Å². The maximum absolute atomic E-state index is 11.7. The van der Waals surface area contributed by atoms with E-state index in [-0.39, 0.29) is 30.4 Å². The van der Waals surface area contributed by atoms with Crippen LogP contribution in [-0.2, 0) is 4.79 Å². The molecule has 4 nitrogen and oxygen atoms in total. The van der Waals surface area contributed by atoms with Crippen LogP contribution in [-0.4, -0.2) is 11.9 Å². The zero-order chi connectivity index (χ0) is 13.8. The van der Waals surface area contributed by atoms with Gasteiger partial charge in [-0.2, -0.15) is 0 Å². The van der Waals surface area contributed by atoms with Gasteiger partial charge < -0.3 is 15.5 Å². The third-order valence-corrected chi connectivity index (χ3v) is 3.08. The van der Waals surface area contributed by atoms with Gasteiger partial charge in [0, 0.05) is 17.8 Å². The number of amides is 1. The average molecular weight is 297 g/mol. The third-order valence-electron chi connectivity index (χ3n) is 3.08. The molecule has 2 unspecified atom stereocenters. The molecule has 2 aromatic rings. The molecule has 0 spiro atoms. The quantitative estimate of drug-likeness (QED) is 0.890. The standard InChI is InChI=1S/C15H20N2O2.ClH/c1-10(16)7-8-15(18)17-11(2)14-9-12-5-3-4-6-13(12)19-14;/h3-6,9-11H,7-8,16H2,1-2H3,(H,17,18);1H. The third kappa shape index (κ3) is 4.25. The first-order chi connectivity index (χ1) is 9.06. The van der Waals surface area contributed by atoms with Crippen LogP contribution < -0.4 is 11.1 Å². The topological polar surface area (TPSA) is 68.3 Å². The number of benzene rings is 1. The molecule has 2 atom stereocenters. The number of hydrogen-bond donors (Lipinski definition) is 2. The average Bonchev–Trinajstić information content (AvgIpc) is 2.80. The number of nitrogens with two attached hydrogens (primary N) is 1. The molecule has 1 aromatic heterocycles. The fourth-order valence-electron chi connectivity index (χ4n) is 1.96. The highest BCUT2D eigenvalue weighted by Gasteiger charge is 2.14. The molecule has 20 heavy (non-hydrogen) atoms. The first kappa shape index (κ1) is 16.5. The zero-order valence-electron chi connectivity index (χ0n) is 11.8. The Kier molecular flexibility index (Phi) is 6.05. The molecule has 0 fully saturated rings. The van der Waals surface area contributed by atoms with Crippen LogP contribution >= 0.6 is 12.4 Å². The van der Waals surface area contributed by atoms with Crippen molar-refractivity contribution in [2.24, 2.45) is 5.73 Å². The van der Waals surface area contributed by atoms with Crippen LogP contribution in [0.4, 0.5) is 0 Å². The van der Waals surface area contributed by atoms with Crippen LogP contribution in [0.3, 0.4) is 0 Å². The molecule has 0 bridgehead atoms. The Hall–Kier alpha value is -1.52. The fraction of sp³-hybridized carbons (Fsp3) is 0.400. The summed E-state index contributed by atoms with van der Waals surface area (Å²) in [6.45, 7) is 3.82. The van der Waals surface area contributed by atoms with E-state index in [2.05, 4.69) is 5.32 Å². The number of rotatable bonds is 5. The van der Waals surface area contributed by atoms with Crippen molar-refractivity contribution >= 4 is 29.3 Å². The fourth-order valence-corrected chi connectivity index (χ4v) is 1.96. The van der Waals surface area contributed by atoms with Crippen molar-refractivity contribution in [2.45, 2.75) is 38.8 Å². The molecule has 3 N–H and O–H groups in total. The van der Waals surface area contributed by atoms with Gasteiger partial charge in [0.1, 0.15) is 11.3 Å². The van der Waals surface area contributed by atoms with E-state index in [0.717, 1.165) is 16.7 Å². The molecule has 1 amide bonds. The highest BCUT2D eigenvalue weighted by atomic mass is 35.5. The van der Waals surface area contributed by atoms with Gasteiger partial charge in [-0.25, -0.2) is 0 Å². The Labute approximate surface area is 125 Å². The van der Waals surface area contributed by atoms with Crippen molar-refractivity contribution in [3.63, 3.8) is 0 Å². The van der Waals surface area contributed by atoms with Crippen LogP contribution in [0, 0.1) is 0 Å². The molecule has 0 saturated carbocycles. The number of halogens is 1. The van der Waals surface area contributed by atoms with Crippen LogP contribution in [0.1, 0.15) is 38.5 Å². The minimum Gasteiger partial charge on any atom is -0.459 e. The van der Waals surface area contributed by atoms with Crippen molar-refractivity contribution < 1.29 is 9.21 Å². The van der Waals surface area contributed by atoms with Gasteiger partial charge in [-0.1, -0.05) is 18.2 Å². The van der Waals surface area contributed by atoms with Gasteiger partial charge in [0.05, 0.1) is 6.04 Å². The van der Waals surface area contributed by atoms with Crippen molar-refractivity contribution in [3.8, 4) is 0 Å². The van der Waals surface area contributed by atoms with Gasteiger partial charge in [-0.05, 0) is 32.4 Å². The molecule has 0 aliphatic heterocycles. The number of fused-ring (bicyclic) bond motifs is 1. The van der Waals surface area contributed by atoms with Gasteiger partial charge in [0.25, 0.3) is 0 Å². The first-order valence-electron chi connectivity index (χ1n) is 6.59. The summed E-state index contributed by atoms with van der Waals surface area (Å²) >= 11 is 0. The molecule has 1 aromatic carbocycles. The molecule has 1 heterocycles. The Morgan fingerprint density at radius 3 is 2.70 bits per heavy atom. The number of furan rings is 1. The Morgan fingerprint density at radius 1 is 1.35 bits per heavy atom. The predicted molar refractivity (Wildman–Crippen MR) is 82.9 cm³/mol. The molecule has 110 valence electrons. The maximum atomic E-state index is 11.7. The summed E-state index contributed by atoms with van der Waals surface area (Å²) in [5, 5.41) is 3.97. The van der Waals surface area contributed by atoms with Gasteiger partial charge >= 0.3 is 0 Å². The summed E-state index contributed by atoms with van der Waals surface area (Å²) in [6.07, 6.45) is 1.14. The highest BCUT2D eigenvalue weighted by molar-refractivity contribution is 5.85. The van der Waals surface area contributed by atoms with E-state index in [1.807, 2.05) is 44.2 Å². The Morgan fingerprint density at radius 2 is 2.05 bits per heavy atom. The van der Waals surface area contributed by atoms with E-state index in [1.54, 1.807) is 0 Å². The summed E-state index contributed by atoms with van der Waals surface area (Å²) in [5.41, 5.74) is 6.48. The lowest BCUT2D eigenvalue weighted by Gasteiger charge is -2.12. The van der Waals surface area contributed by atoms with E-state index in [9.17, 15) is 4.79 Å². The molecule has 0 aliphatic carbocycles. The monoisotopic (exact) mass is 296 g/mol. The molecule has 2 rings (SSSR count). The minimum atomic E-state index is -0.131. The predicted octanol–water partition coefficient (Wildman–Crippen LogP) is 3.16. The molecular formula is C15H21ClN2O2. The largest absolute Gasteiger partial charge is 0.459 e. The highest BCUT2D eigenvalue weighted by Crippen LogP contribution is 2.23. The lowest BCUT2D eigenvalue weighted by molar-refractivity contribution is -0.122. The summed E-state index contributed by atoms with van der Waals surface area (Å²) in [5.74, 6) is 0.778. The van der Waals surface area contributed by atoms with Crippen molar-refractivity contribution in [2.75, 3.05) is 0 Å². The number of carbonyl (C=O) groups excluding carboxylic acids is 1. The minimum absolute atomic E-state index is 0. The summed E-state index contributed by atoms with van der Waals surface area (Å²) in [7, 11) is 0. The van der Waals surface area contributed by atoms with E-state index in [1.165, 1.54) is 0 Å². The van der Waals surface area contributed by atoms with Crippen LogP contribution in [0.2, 0.25) is 0 Å². The zero-order valence-corrected chi connectivity index (χ0v) is 12.6. The van der Waals surface area contributed by atoms with Crippen molar-refractivity contribution in [1.29, 1.82) is 0 Å². The molecule has 5 heteroatoms.